The largest absolute Gasteiger partial charge is 0.477 e. The predicted molar refractivity (Wildman–Crippen MR) is 75.8 cm³/mol. The molecule has 0 saturated carbocycles. The fourth-order valence-electron chi connectivity index (χ4n) is 2.56. The Hall–Kier alpha value is -1.46. The summed E-state index contributed by atoms with van der Waals surface area (Å²) in [4.78, 5) is 15.4. The number of hydrogen-bond acceptors (Lipinski definition) is 4. The summed E-state index contributed by atoms with van der Waals surface area (Å²) < 4.78 is 10.8. The van der Waals surface area contributed by atoms with Crippen molar-refractivity contribution in [2.24, 2.45) is 16.8 Å². The summed E-state index contributed by atoms with van der Waals surface area (Å²) in [7, 11) is 1.65. The maximum Gasteiger partial charge on any atom is 0.354 e. The Kier molecular flexibility index (Phi) is 5.09. The first-order valence-corrected chi connectivity index (χ1v) is 6.94. The number of rotatable bonds is 6. The van der Waals surface area contributed by atoms with Crippen molar-refractivity contribution in [3.8, 4) is 0 Å². The lowest BCUT2D eigenvalue weighted by atomic mass is 9.81. The average molecular weight is 279 g/mol. The minimum atomic E-state index is -1.01. The topological polar surface area (TPSA) is 68.1 Å². The molecule has 0 aromatic heterocycles. The third kappa shape index (κ3) is 3.55. The zero-order valence-corrected chi connectivity index (χ0v) is 11.9. The predicted octanol–water partition coefficient (Wildman–Crippen LogP) is 2.04. The van der Waals surface area contributed by atoms with E-state index in [1.807, 2.05) is 6.08 Å². The molecule has 0 amide bonds. The van der Waals surface area contributed by atoms with E-state index in [4.69, 9.17) is 14.6 Å². The highest BCUT2D eigenvalue weighted by Gasteiger charge is 2.33. The van der Waals surface area contributed by atoms with Crippen molar-refractivity contribution in [3.63, 3.8) is 0 Å². The van der Waals surface area contributed by atoms with E-state index in [0.717, 1.165) is 18.6 Å². The molecule has 0 bridgehead atoms. The summed E-state index contributed by atoms with van der Waals surface area (Å²) in [6.45, 7) is 3.35. The molecule has 1 N–H and O–H groups in total. The minimum Gasteiger partial charge on any atom is -0.477 e. The zero-order chi connectivity index (χ0) is 14.5. The van der Waals surface area contributed by atoms with Crippen LogP contribution >= 0.6 is 0 Å². The van der Waals surface area contributed by atoms with Crippen molar-refractivity contribution in [1.82, 2.24) is 0 Å². The number of carboxylic acids is 1. The van der Waals surface area contributed by atoms with Crippen LogP contribution in [0.2, 0.25) is 0 Å². The highest BCUT2D eigenvalue weighted by molar-refractivity contribution is 6.03. The highest BCUT2D eigenvalue weighted by atomic mass is 16.5. The molecule has 3 atom stereocenters. The molecule has 1 aliphatic heterocycles. The number of ether oxygens (including phenoxy) is 2. The number of aliphatic imine (C=N–C) groups is 1. The molecule has 20 heavy (non-hydrogen) atoms. The molecule has 0 aromatic rings. The third-order valence-electron chi connectivity index (χ3n) is 3.59. The van der Waals surface area contributed by atoms with Gasteiger partial charge in [0.2, 0.25) is 0 Å². The van der Waals surface area contributed by atoms with E-state index in [1.54, 1.807) is 13.2 Å². The number of nitrogens with zero attached hydrogens (tertiary/aromatic N) is 1. The van der Waals surface area contributed by atoms with E-state index >= 15 is 0 Å². The van der Waals surface area contributed by atoms with Gasteiger partial charge in [-0.15, -0.1) is 0 Å². The Labute approximate surface area is 119 Å². The number of methoxy groups -OCH3 is 1. The molecule has 5 nitrogen and oxygen atoms in total. The second kappa shape index (κ2) is 6.81. The lowest BCUT2D eigenvalue weighted by Gasteiger charge is -2.32. The normalized spacial score (nSPS) is 28.6. The Morgan fingerprint density at radius 3 is 3.00 bits per heavy atom. The van der Waals surface area contributed by atoms with Gasteiger partial charge in [-0.25, -0.2) is 9.79 Å². The third-order valence-corrected chi connectivity index (χ3v) is 3.59. The lowest BCUT2D eigenvalue weighted by Crippen LogP contribution is -2.35. The zero-order valence-electron chi connectivity index (χ0n) is 11.9. The van der Waals surface area contributed by atoms with Crippen LogP contribution in [0.3, 0.4) is 0 Å². The van der Waals surface area contributed by atoms with Gasteiger partial charge < -0.3 is 14.6 Å². The van der Waals surface area contributed by atoms with Crippen LogP contribution in [0.5, 0.6) is 0 Å². The first-order valence-electron chi connectivity index (χ1n) is 6.94. The molecular weight excluding hydrogens is 258 g/mol. The highest BCUT2D eigenvalue weighted by Crippen LogP contribution is 2.31. The van der Waals surface area contributed by atoms with Gasteiger partial charge in [0.25, 0.3) is 0 Å². The van der Waals surface area contributed by atoms with Gasteiger partial charge in [-0.05, 0) is 30.9 Å². The molecule has 1 heterocycles. The molecule has 0 radical (unpaired) electrons. The van der Waals surface area contributed by atoms with Crippen molar-refractivity contribution >= 4 is 11.7 Å². The molecule has 5 heteroatoms. The van der Waals surface area contributed by atoms with E-state index in [2.05, 4.69) is 18.0 Å². The lowest BCUT2D eigenvalue weighted by molar-refractivity contribution is -0.132. The van der Waals surface area contributed by atoms with Gasteiger partial charge in [-0.3, -0.25) is 0 Å². The van der Waals surface area contributed by atoms with E-state index < -0.39 is 5.97 Å². The van der Waals surface area contributed by atoms with Crippen molar-refractivity contribution in [1.29, 1.82) is 0 Å². The van der Waals surface area contributed by atoms with Crippen molar-refractivity contribution in [3.05, 3.63) is 23.9 Å². The van der Waals surface area contributed by atoms with E-state index in [1.165, 1.54) is 0 Å². The van der Waals surface area contributed by atoms with Crippen LogP contribution in [-0.4, -0.2) is 43.2 Å². The summed E-state index contributed by atoms with van der Waals surface area (Å²) in [6, 6.07) is 0. The Morgan fingerprint density at radius 2 is 2.30 bits per heavy atom. The summed E-state index contributed by atoms with van der Waals surface area (Å²) >= 11 is 0. The Balaban J connectivity index is 2.10. The summed E-state index contributed by atoms with van der Waals surface area (Å²) in [5.41, 5.74) is 0.895. The van der Waals surface area contributed by atoms with Crippen LogP contribution in [0, 0.1) is 11.8 Å². The van der Waals surface area contributed by atoms with Crippen molar-refractivity contribution in [2.75, 3.05) is 20.3 Å². The smallest absolute Gasteiger partial charge is 0.354 e. The molecule has 0 spiro atoms. The van der Waals surface area contributed by atoms with Gasteiger partial charge in [0.1, 0.15) is 5.70 Å². The van der Waals surface area contributed by atoms with E-state index in [0.29, 0.717) is 19.1 Å². The van der Waals surface area contributed by atoms with Crippen LogP contribution in [0.25, 0.3) is 0 Å². The first-order chi connectivity index (χ1) is 9.61. The van der Waals surface area contributed by atoms with E-state index in [-0.39, 0.29) is 17.7 Å². The fourth-order valence-corrected chi connectivity index (χ4v) is 2.56. The van der Waals surface area contributed by atoms with Gasteiger partial charge in [-0.2, -0.15) is 0 Å². The van der Waals surface area contributed by atoms with Gasteiger partial charge in [0.15, 0.2) is 0 Å². The van der Waals surface area contributed by atoms with Crippen LogP contribution < -0.4 is 0 Å². The summed E-state index contributed by atoms with van der Waals surface area (Å²) in [5.74, 6) is -0.391. The minimum absolute atomic E-state index is 0.0761. The molecule has 2 rings (SSSR count). The fraction of sp³-hybridized carbons (Fsp3) is 0.600. The SMILES string of the molecule is COCCCOC1C=C(C(=O)O)N=C2C=CC(C)CC21. The van der Waals surface area contributed by atoms with Crippen LogP contribution in [0.4, 0.5) is 0 Å². The maximum absolute atomic E-state index is 11.1. The standard InChI is InChI=1S/C15H21NO4/c1-10-4-5-12-11(8-10)14(20-7-3-6-19-2)9-13(16-12)15(17)18/h4-5,9-11,14H,3,6-8H2,1-2H3,(H,17,18). The quantitative estimate of drug-likeness (QED) is 0.755. The number of aliphatic carboxylic acids is 1. The van der Waals surface area contributed by atoms with Gasteiger partial charge >= 0.3 is 5.97 Å². The molecule has 2 aliphatic rings. The second-order valence-corrected chi connectivity index (χ2v) is 5.25. The number of carbonyl (C=O) groups is 1. The summed E-state index contributed by atoms with van der Waals surface area (Å²) in [5, 5.41) is 9.13. The van der Waals surface area contributed by atoms with Crippen LogP contribution in [0.15, 0.2) is 28.9 Å². The van der Waals surface area contributed by atoms with E-state index in [9.17, 15) is 4.79 Å². The number of carboxylic acid groups (broad SMARTS) is 1. The number of fused-ring (bicyclic) bond motifs is 1. The van der Waals surface area contributed by atoms with Crippen molar-refractivity contribution < 1.29 is 19.4 Å². The Bertz CT molecular complexity index is 453. The first kappa shape index (κ1) is 14.9. The second-order valence-electron chi connectivity index (χ2n) is 5.25. The number of hydrogen-bond donors (Lipinski definition) is 1. The van der Waals surface area contributed by atoms with Crippen molar-refractivity contribution in [2.45, 2.75) is 25.9 Å². The van der Waals surface area contributed by atoms with Crippen LogP contribution in [0.1, 0.15) is 19.8 Å². The molecule has 3 unspecified atom stereocenters. The summed E-state index contributed by atoms with van der Waals surface area (Å²) in [6.07, 6.45) is 7.16. The molecular formula is C15H21NO4. The van der Waals surface area contributed by atoms with Crippen LogP contribution in [-0.2, 0) is 14.3 Å². The molecule has 0 aromatic carbocycles. The van der Waals surface area contributed by atoms with Gasteiger partial charge in [-0.1, -0.05) is 13.0 Å². The maximum atomic E-state index is 11.1. The average Bonchev–Trinajstić information content (AvgIpc) is 2.43. The molecule has 0 fully saturated rings. The number of allylic oxidation sites excluding steroid dienone is 2. The van der Waals surface area contributed by atoms with Gasteiger partial charge in [0, 0.05) is 32.0 Å². The molecule has 110 valence electrons. The molecule has 0 saturated heterocycles. The molecule has 1 aliphatic carbocycles. The Morgan fingerprint density at radius 1 is 1.50 bits per heavy atom. The van der Waals surface area contributed by atoms with Gasteiger partial charge in [0.05, 0.1) is 6.10 Å². The monoisotopic (exact) mass is 279 g/mol.